The Labute approximate surface area is 108 Å². The van der Waals surface area contributed by atoms with E-state index in [1.807, 2.05) is 0 Å². The van der Waals surface area contributed by atoms with Crippen LogP contribution in [0.2, 0.25) is 0 Å². The van der Waals surface area contributed by atoms with Crippen LogP contribution in [0.3, 0.4) is 0 Å². The molecule has 0 bridgehead atoms. The van der Waals surface area contributed by atoms with Crippen LogP contribution in [0.4, 0.5) is 14.7 Å². The van der Waals surface area contributed by atoms with Crippen molar-refractivity contribution in [2.24, 2.45) is 0 Å². The molecule has 2 aromatic rings. The monoisotopic (exact) mass is 266 g/mol. The number of halogens is 2. The SMILES string of the molecule is COc1cccnc1-c1cnc(NCC(F)F)nc1. The first-order valence-electron chi connectivity index (χ1n) is 5.54. The molecule has 19 heavy (non-hydrogen) atoms. The Morgan fingerprint density at radius 2 is 2.00 bits per heavy atom. The molecule has 0 saturated carbocycles. The highest BCUT2D eigenvalue weighted by atomic mass is 19.3. The third-order valence-corrected chi connectivity index (χ3v) is 2.33. The molecule has 2 heterocycles. The molecule has 5 nitrogen and oxygen atoms in total. The van der Waals surface area contributed by atoms with Crippen LogP contribution in [0, 0.1) is 0 Å². The molecule has 0 fully saturated rings. The topological polar surface area (TPSA) is 59.9 Å². The number of pyridine rings is 1. The van der Waals surface area contributed by atoms with E-state index in [2.05, 4.69) is 20.3 Å². The van der Waals surface area contributed by atoms with Gasteiger partial charge in [0, 0.05) is 24.2 Å². The predicted octanol–water partition coefficient (Wildman–Crippen LogP) is 2.22. The van der Waals surface area contributed by atoms with Crippen LogP contribution in [0.5, 0.6) is 5.75 Å². The molecule has 0 spiro atoms. The average molecular weight is 266 g/mol. The summed E-state index contributed by atoms with van der Waals surface area (Å²) in [6.07, 6.45) is 2.19. The minimum Gasteiger partial charge on any atom is -0.494 e. The number of hydrogen-bond acceptors (Lipinski definition) is 5. The molecular formula is C12H12F2N4O. The first-order valence-corrected chi connectivity index (χ1v) is 5.54. The van der Waals surface area contributed by atoms with Crippen molar-refractivity contribution in [2.45, 2.75) is 6.43 Å². The fourth-order valence-electron chi connectivity index (χ4n) is 1.48. The van der Waals surface area contributed by atoms with Gasteiger partial charge in [-0.25, -0.2) is 18.7 Å². The maximum Gasteiger partial charge on any atom is 0.255 e. The van der Waals surface area contributed by atoms with Crippen molar-refractivity contribution in [1.82, 2.24) is 15.0 Å². The molecule has 0 unspecified atom stereocenters. The lowest BCUT2D eigenvalue weighted by molar-refractivity contribution is 0.163. The highest BCUT2D eigenvalue weighted by Crippen LogP contribution is 2.26. The van der Waals surface area contributed by atoms with Crippen LogP contribution in [0.1, 0.15) is 0 Å². The Morgan fingerprint density at radius 3 is 2.63 bits per heavy atom. The number of nitrogens with one attached hydrogen (secondary N) is 1. The molecule has 0 aromatic carbocycles. The van der Waals surface area contributed by atoms with E-state index in [1.54, 1.807) is 25.4 Å². The largest absolute Gasteiger partial charge is 0.494 e. The van der Waals surface area contributed by atoms with Crippen LogP contribution >= 0.6 is 0 Å². The summed E-state index contributed by atoms with van der Waals surface area (Å²) in [5.74, 6) is 0.748. The van der Waals surface area contributed by atoms with Crippen molar-refractivity contribution >= 4 is 5.95 Å². The lowest BCUT2D eigenvalue weighted by Gasteiger charge is -2.07. The fourth-order valence-corrected chi connectivity index (χ4v) is 1.48. The predicted molar refractivity (Wildman–Crippen MR) is 66.3 cm³/mol. The smallest absolute Gasteiger partial charge is 0.255 e. The number of alkyl halides is 2. The van der Waals surface area contributed by atoms with Gasteiger partial charge in [-0.05, 0) is 12.1 Å². The molecular weight excluding hydrogens is 254 g/mol. The van der Waals surface area contributed by atoms with Crippen molar-refractivity contribution < 1.29 is 13.5 Å². The Kier molecular flexibility index (Phi) is 4.17. The van der Waals surface area contributed by atoms with E-state index >= 15 is 0 Å². The number of anilines is 1. The van der Waals surface area contributed by atoms with E-state index in [-0.39, 0.29) is 5.95 Å². The molecule has 2 aromatic heterocycles. The van der Waals surface area contributed by atoms with Gasteiger partial charge >= 0.3 is 0 Å². The lowest BCUT2D eigenvalue weighted by Crippen LogP contribution is -2.12. The van der Waals surface area contributed by atoms with Gasteiger partial charge in [0.15, 0.2) is 0 Å². The normalized spacial score (nSPS) is 10.5. The number of hydrogen-bond donors (Lipinski definition) is 1. The van der Waals surface area contributed by atoms with Crippen LogP contribution in [-0.2, 0) is 0 Å². The zero-order valence-corrected chi connectivity index (χ0v) is 10.2. The van der Waals surface area contributed by atoms with E-state index in [4.69, 9.17) is 4.74 Å². The summed E-state index contributed by atoms with van der Waals surface area (Å²) >= 11 is 0. The van der Waals surface area contributed by atoms with Crippen molar-refractivity contribution in [3.63, 3.8) is 0 Å². The molecule has 0 amide bonds. The van der Waals surface area contributed by atoms with Gasteiger partial charge in [0.05, 0.1) is 13.7 Å². The third kappa shape index (κ3) is 3.34. The fraction of sp³-hybridized carbons (Fsp3) is 0.250. The van der Waals surface area contributed by atoms with Gasteiger partial charge in [0.25, 0.3) is 6.43 Å². The zero-order valence-electron chi connectivity index (χ0n) is 10.2. The van der Waals surface area contributed by atoms with Gasteiger partial charge in [-0.3, -0.25) is 4.98 Å². The molecule has 0 radical (unpaired) electrons. The molecule has 0 aliphatic rings. The van der Waals surface area contributed by atoms with Gasteiger partial charge in [-0.15, -0.1) is 0 Å². The van der Waals surface area contributed by atoms with Gasteiger partial charge in [0.1, 0.15) is 11.4 Å². The van der Waals surface area contributed by atoms with Crippen molar-refractivity contribution in [3.8, 4) is 17.0 Å². The van der Waals surface area contributed by atoms with Gasteiger partial charge in [-0.1, -0.05) is 0 Å². The third-order valence-electron chi connectivity index (χ3n) is 2.33. The van der Waals surface area contributed by atoms with Crippen LogP contribution in [-0.4, -0.2) is 35.0 Å². The maximum atomic E-state index is 12.0. The van der Waals surface area contributed by atoms with Gasteiger partial charge in [0.2, 0.25) is 5.95 Å². The van der Waals surface area contributed by atoms with E-state index in [9.17, 15) is 8.78 Å². The summed E-state index contributed by atoms with van der Waals surface area (Å²) in [4.78, 5) is 12.1. The van der Waals surface area contributed by atoms with Crippen LogP contribution in [0.15, 0.2) is 30.7 Å². The number of rotatable bonds is 5. The molecule has 0 saturated heterocycles. The zero-order chi connectivity index (χ0) is 13.7. The summed E-state index contributed by atoms with van der Waals surface area (Å²) in [6, 6.07) is 3.52. The molecule has 7 heteroatoms. The summed E-state index contributed by atoms with van der Waals surface area (Å²) in [7, 11) is 1.54. The quantitative estimate of drug-likeness (QED) is 0.899. The van der Waals surface area contributed by atoms with E-state index in [0.717, 1.165) is 0 Å². The first kappa shape index (κ1) is 13.1. The summed E-state index contributed by atoms with van der Waals surface area (Å²) < 4.78 is 29.2. The van der Waals surface area contributed by atoms with Gasteiger partial charge in [-0.2, -0.15) is 0 Å². The highest BCUT2D eigenvalue weighted by molar-refractivity contribution is 5.64. The van der Waals surface area contributed by atoms with Crippen molar-refractivity contribution in [3.05, 3.63) is 30.7 Å². The maximum absolute atomic E-state index is 12.0. The minimum absolute atomic E-state index is 0.152. The second-order valence-electron chi connectivity index (χ2n) is 3.62. The Bertz CT molecular complexity index is 534. The van der Waals surface area contributed by atoms with Crippen molar-refractivity contribution in [1.29, 1.82) is 0 Å². The standard InChI is InChI=1S/C12H12F2N4O/c1-19-9-3-2-4-15-11(9)8-5-16-12(17-6-8)18-7-10(13)14/h2-6,10H,7H2,1H3,(H,16,17,18). The summed E-state index contributed by atoms with van der Waals surface area (Å²) in [5, 5.41) is 2.43. The summed E-state index contributed by atoms with van der Waals surface area (Å²) in [5.41, 5.74) is 1.26. The summed E-state index contributed by atoms with van der Waals surface area (Å²) in [6.45, 7) is -0.480. The number of aromatic nitrogens is 3. The second-order valence-corrected chi connectivity index (χ2v) is 3.62. The first-order chi connectivity index (χ1) is 9.20. The Balaban J connectivity index is 2.18. The number of methoxy groups -OCH3 is 1. The van der Waals surface area contributed by atoms with Crippen molar-refractivity contribution in [2.75, 3.05) is 19.0 Å². The van der Waals surface area contributed by atoms with Crippen LogP contribution in [0.25, 0.3) is 11.3 Å². The van der Waals surface area contributed by atoms with E-state index in [1.165, 1.54) is 12.4 Å². The minimum atomic E-state index is -2.45. The number of ether oxygens (including phenoxy) is 1. The molecule has 1 N–H and O–H groups in total. The second kappa shape index (κ2) is 6.03. The molecule has 0 aliphatic heterocycles. The Morgan fingerprint density at radius 1 is 1.26 bits per heavy atom. The molecule has 100 valence electrons. The highest BCUT2D eigenvalue weighted by Gasteiger charge is 2.08. The Hall–Kier alpha value is -2.31. The van der Waals surface area contributed by atoms with Crippen LogP contribution < -0.4 is 10.1 Å². The van der Waals surface area contributed by atoms with Gasteiger partial charge < -0.3 is 10.1 Å². The molecule has 0 atom stereocenters. The molecule has 0 aliphatic carbocycles. The average Bonchev–Trinajstić information content (AvgIpc) is 2.45. The van der Waals surface area contributed by atoms with E-state index < -0.39 is 13.0 Å². The lowest BCUT2D eigenvalue weighted by atomic mass is 10.2. The number of nitrogens with zero attached hydrogens (tertiary/aromatic N) is 3. The molecule has 2 rings (SSSR count). The van der Waals surface area contributed by atoms with E-state index in [0.29, 0.717) is 17.0 Å².